The normalized spacial score (nSPS) is 22.1. The van der Waals surface area contributed by atoms with E-state index >= 15 is 4.39 Å². The monoisotopic (exact) mass is 522 g/mol. The molecule has 2 amide bonds. The van der Waals surface area contributed by atoms with Gasteiger partial charge < -0.3 is 15.0 Å². The highest BCUT2D eigenvalue weighted by molar-refractivity contribution is 7.89. The number of halogens is 5. The SMILES string of the molecule is CCS(=O)(=O)N[C@@H]1[C@@H]2Cc3cccc(c3F)Oc3nc(c(F)cc3Cl)CNC(=O)N2CC1(F)F. The van der Waals surface area contributed by atoms with Crippen molar-refractivity contribution in [2.75, 3.05) is 12.3 Å². The van der Waals surface area contributed by atoms with Crippen molar-refractivity contribution in [1.29, 1.82) is 0 Å². The zero-order valence-electron chi connectivity index (χ0n) is 17.6. The Kier molecular flexibility index (Phi) is 6.38. The lowest BCUT2D eigenvalue weighted by atomic mass is 9.98. The molecule has 0 saturated carbocycles. The van der Waals surface area contributed by atoms with Gasteiger partial charge >= 0.3 is 6.03 Å². The van der Waals surface area contributed by atoms with Gasteiger partial charge in [-0.25, -0.2) is 40.5 Å². The molecule has 0 aliphatic carbocycles. The fourth-order valence-corrected chi connectivity index (χ4v) is 4.92. The van der Waals surface area contributed by atoms with Crippen molar-refractivity contribution in [2.24, 2.45) is 0 Å². The number of carbonyl (C=O) groups is 1. The number of aromatic nitrogens is 1. The Hall–Kier alpha value is -2.64. The van der Waals surface area contributed by atoms with E-state index in [1.807, 2.05) is 4.72 Å². The zero-order valence-corrected chi connectivity index (χ0v) is 19.2. The number of fused-ring (bicyclic) bond motifs is 5. The molecule has 184 valence electrons. The molecular weight excluding hydrogens is 504 g/mol. The fraction of sp³-hybridized carbons (Fsp3) is 0.400. The zero-order chi connectivity index (χ0) is 24.8. The second-order valence-corrected chi connectivity index (χ2v) is 10.3. The lowest BCUT2D eigenvalue weighted by Gasteiger charge is -2.28. The third kappa shape index (κ3) is 4.64. The molecule has 2 aliphatic heterocycles. The summed E-state index contributed by atoms with van der Waals surface area (Å²) in [5.74, 6) is -6.66. The third-order valence-corrected chi connectivity index (χ3v) is 7.27. The van der Waals surface area contributed by atoms with Crippen LogP contribution in [-0.2, 0) is 23.0 Å². The summed E-state index contributed by atoms with van der Waals surface area (Å²) in [6, 6.07) is 0.265. The summed E-state index contributed by atoms with van der Waals surface area (Å²) >= 11 is 5.96. The average molecular weight is 523 g/mol. The van der Waals surface area contributed by atoms with Crippen molar-refractivity contribution >= 4 is 27.7 Å². The van der Waals surface area contributed by atoms with Crippen LogP contribution in [0.1, 0.15) is 18.2 Å². The summed E-state index contributed by atoms with van der Waals surface area (Å²) in [6.07, 6.45) is -0.462. The summed E-state index contributed by atoms with van der Waals surface area (Å²) in [6.45, 7) is -0.385. The minimum atomic E-state index is -4.11. The number of carbonyl (C=O) groups excluding carboxylic acids is 1. The highest BCUT2D eigenvalue weighted by atomic mass is 35.5. The van der Waals surface area contributed by atoms with Crippen molar-refractivity contribution in [3.63, 3.8) is 0 Å². The number of nitrogens with zero attached hydrogens (tertiary/aromatic N) is 2. The number of hydrogen-bond acceptors (Lipinski definition) is 5. The first-order valence-electron chi connectivity index (χ1n) is 10.1. The van der Waals surface area contributed by atoms with Crippen LogP contribution in [0.4, 0.5) is 22.4 Å². The van der Waals surface area contributed by atoms with Gasteiger partial charge in [0.15, 0.2) is 11.6 Å². The van der Waals surface area contributed by atoms with Gasteiger partial charge in [0.05, 0.1) is 30.6 Å². The van der Waals surface area contributed by atoms with Crippen LogP contribution in [0.25, 0.3) is 0 Å². The number of urea groups is 1. The molecule has 1 aromatic carbocycles. The Bertz CT molecular complexity index is 1250. The van der Waals surface area contributed by atoms with Crippen LogP contribution in [0.3, 0.4) is 0 Å². The predicted octanol–water partition coefficient (Wildman–Crippen LogP) is 3.20. The second-order valence-electron chi connectivity index (χ2n) is 7.85. The molecule has 14 heteroatoms. The van der Waals surface area contributed by atoms with Crippen LogP contribution in [-0.4, -0.2) is 54.6 Å². The van der Waals surface area contributed by atoms with Gasteiger partial charge in [0.1, 0.15) is 16.9 Å². The molecule has 4 rings (SSSR count). The number of amides is 2. The summed E-state index contributed by atoms with van der Waals surface area (Å²) < 4.78 is 91.1. The van der Waals surface area contributed by atoms with Crippen molar-refractivity contribution in [1.82, 2.24) is 19.9 Å². The van der Waals surface area contributed by atoms with E-state index in [-0.39, 0.29) is 27.9 Å². The summed E-state index contributed by atoms with van der Waals surface area (Å²) in [7, 11) is -4.11. The topological polar surface area (TPSA) is 101 Å². The first-order valence-corrected chi connectivity index (χ1v) is 12.2. The molecule has 1 saturated heterocycles. The molecule has 34 heavy (non-hydrogen) atoms. The van der Waals surface area contributed by atoms with Crippen LogP contribution in [0.2, 0.25) is 5.02 Å². The maximum Gasteiger partial charge on any atom is 0.318 e. The molecule has 0 unspecified atom stereocenters. The van der Waals surface area contributed by atoms with Crippen molar-refractivity contribution < 1.29 is 35.5 Å². The summed E-state index contributed by atoms with van der Waals surface area (Å²) in [5, 5.41) is 2.05. The molecular formula is C20H19ClF4N4O4S. The van der Waals surface area contributed by atoms with E-state index in [0.717, 1.165) is 6.07 Å². The number of rotatable bonds is 3. The second kappa shape index (κ2) is 8.86. The Labute approximate surface area is 197 Å². The highest BCUT2D eigenvalue weighted by Gasteiger charge is 2.57. The van der Waals surface area contributed by atoms with Gasteiger partial charge in [-0.2, -0.15) is 0 Å². The van der Waals surface area contributed by atoms with Crippen LogP contribution in [0, 0.1) is 11.6 Å². The fourth-order valence-electron chi connectivity index (χ4n) is 3.86. The molecule has 2 atom stereocenters. The first kappa shape index (κ1) is 24.5. The van der Waals surface area contributed by atoms with E-state index in [0.29, 0.717) is 4.90 Å². The van der Waals surface area contributed by atoms with Crippen LogP contribution < -0.4 is 14.8 Å². The van der Waals surface area contributed by atoms with Gasteiger partial charge in [0.25, 0.3) is 5.92 Å². The number of hydrogen-bond donors (Lipinski definition) is 2. The van der Waals surface area contributed by atoms with Crippen LogP contribution >= 0.6 is 11.6 Å². The minimum Gasteiger partial charge on any atom is -0.434 e. The molecule has 1 aromatic heterocycles. The molecule has 1 fully saturated rings. The van der Waals surface area contributed by atoms with Crippen molar-refractivity contribution in [3.05, 3.63) is 52.2 Å². The Balaban J connectivity index is 1.83. The lowest BCUT2D eigenvalue weighted by Crippen LogP contribution is -2.53. The largest absolute Gasteiger partial charge is 0.434 e. The van der Waals surface area contributed by atoms with Crippen molar-refractivity contribution in [3.8, 4) is 11.6 Å². The van der Waals surface area contributed by atoms with Gasteiger partial charge in [0, 0.05) is 0 Å². The highest BCUT2D eigenvalue weighted by Crippen LogP contribution is 2.37. The molecule has 0 spiro atoms. The van der Waals surface area contributed by atoms with Crippen LogP contribution in [0.15, 0.2) is 24.3 Å². The molecule has 2 aromatic rings. The lowest BCUT2D eigenvalue weighted by molar-refractivity contribution is -0.00456. The van der Waals surface area contributed by atoms with E-state index in [1.54, 1.807) is 0 Å². The Morgan fingerprint density at radius 3 is 2.79 bits per heavy atom. The van der Waals surface area contributed by atoms with E-state index < -0.39 is 71.0 Å². The number of nitrogens with one attached hydrogen (secondary N) is 2. The first-order chi connectivity index (χ1) is 15.9. The number of pyridine rings is 1. The summed E-state index contributed by atoms with van der Waals surface area (Å²) in [5.41, 5.74) is -0.439. The van der Waals surface area contributed by atoms with Crippen molar-refractivity contribution in [2.45, 2.75) is 37.9 Å². The van der Waals surface area contributed by atoms with Gasteiger partial charge in [-0.3, -0.25) is 0 Å². The average Bonchev–Trinajstić information content (AvgIpc) is 3.00. The van der Waals surface area contributed by atoms with Gasteiger partial charge in [-0.1, -0.05) is 23.7 Å². The Morgan fingerprint density at radius 1 is 1.35 bits per heavy atom. The van der Waals surface area contributed by atoms with Gasteiger partial charge in [0.2, 0.25) is 15.9 Å². The molecule has 0 radical (unpaired) electrons. The maximum atomic E-state index is 15.3. The predicted molar refractivity (Wildman–Crippen MR) is 113 cm³/mol. The standard InChI is InChI=1S/C20H19ClF4N4O4S/c1-2-34(31,32)28-17-14-6-10-4-3-5-15(16(10)23)33-18-11(21)7-12(22)13(27-18)8-26-19(30)29(14)9-20(17,24)25/h3-5,7,14,17,28H,2,6,8-9H2,1H3,(H,26,30)/t14-,17+/m0/s1. The minimum absolute atomic E-state index is 0.114. The van der Waals surface area contributed by atoms with E-state index in [4.69, 9.17) is 16.3 Å². The van der Waals surface area contributed by atoms with E-state index in [2.05, 4.69) is 10.3 Å². The van der Waals surface area contributed by atoms with E-state index in [1.165, 1.54) is 25.1 Å². The third-order valence-electron chi connectivity index (χ3n) is 5.62. The van der Waals surface area contributed by atoms with Crippen LogP contribution in [0.5, 0.6) is 11.6 Å². The van der Waals surface area contributed by atoms with Gasteiger partial charge in [-0.05, 0) is 31.0 Å². The quantitative estimate of drug-likeness (QED) is 0.603. The number of benzene rings is 1. The number of sulfonamides is 1. The molecule has 2 N–H and O–H groups in total. The molecule has 8 nitrogen and oxygen atoms in total. The number of alkyl halides is 2. The number of ether oxygens (including phenoxy) is 1. The summed E-state index contributed by atoms with van der Waals surface area (Å²) in [4.78, 5) is 17.4. The molecule has 2 aliphatic rings. The molecule has 4 bridgehead atoms. The maximum absolute atomic E-state index is 15.3. The van der Waals surface area contributed by atoms with Gasteiger partial charge in [-0.15, -0.1) is 0 Å². The van der Waals surface area contributed by atoms with E-state index in [9.17, 15) is 26.4 Å². The Morgan fingerprint density at radius 2 is 2.09 bits per heavy atom. The smallest absolute Gasteiger partial charge is 0.318 e. The molecule has 3 heterocycles.